The van der Waals surface area contributed by atoms with Crippen LogP contribution in [0.25, 0.3) is 0 Å². The lowest BCUT2D eigenvalue weighted by molar-refractivity contribution is -0.143. The normalized spacial score (nSPS) is 25.1. The van der Waals surface area contributed by atoms with E-state index in [1.54, 1.807) is 0 Å². The van der Waals surface area contributed by atoms with Crippen LogP contribution in [0.1, 0.15) is 45.6 Å². The zero-order valence-corrected chi connectivity index (χ0v) is 16.6. The minimum absolute atomic E-state index is 0.183. The molecular weight excluding hydrogens is 326 g/mol. The van der Waals surface area contributed by atoms with Crippen molar-refractivity contribution in [3.8, 4) is 5.75 Å². The third-order valence-electron chi connectivity index (χ3n) is 5.78. The molecule has 1 unspecified atom stereocenters. The molecule has 5 nitrogen and oxygen atoms in total. The van der Waals surface area contributed by atoms with Gasteiger partial charge in [0.25, 0.3) is 0 Å². The number of amides is 1. The number of nitrogens with zero attached hydrogens (tertiary/aromatic N) is 2. The smallest absolute Gasteiger partial charge is 0.240 e. The van der Waals surface area contributed by atoms with Crippen molar-refractivity contribution in [3.63, 3.8) is 0 Å². The third-order valence-corrected chi connectivity index (χ3v) is 5.78. The van der Waals surface area contributed by atoms with Gasteiger partial charge in [0, 0.05) is 19.1 Å². The third kappa shape index (κ3) is 4.38. The summed E-state index contributed by atoms with van der Waals surface area (Å²) < 4.78 is 5.70. The summed E-state index contributed by atoms with van der Waals surface area (Å²) in [7, 11) is 2.14. The molecule has 1 atom stereocenters. The van der Waals surface area contributed by atoms with Gasteiger partial charge in [0.15, 0.2) is 0 Å². The Bertz CT molecular complexity index is 608. The molecule has 2 saturated heterocycles. The fraction of sp³-hybridized carbons (Fsp3) is 0.667. The van der Waals surface area contributed by atoms with E-state index >= 15 is 0 Å². The Morgan fingerprint density at radius 2 is 1.88 bits per heavy atom. The zero-order chi connectivity index (χ0) is 18.7. The molecule has 1 N–H and O–H groups in total. The van der Waals surface area contributed by atoms with Crippen LogP contribution in [0.5, 0.6) is 5.75 Å². The molecule has 2 heterocycles. The number of carbonyl (C=O) groups is 1. The molecule has 5 heteroatoms. The van der Waals surface area contributed by atoms with Gasteiger partial charge in [-0.1, -0.05) is 12.1 Å². The molecule has 2 fully saturated rings. The van der Waals surface area contributed by atoms with E-state index in [0.717, 1.165) is 51.2 Å². The summed E-state index contributed by atoms with van der Waals surface area (Å²) in [6, 6.07) is 8.57. The van der Waals surface area contributed by atoms with Crippen LogP contribution < -0.4 is 10.1 Å². The fourth-order valence-electron chi connectivity index (χ4n) is 3.78. The summed E-state index contributed by atoms with van der Waals surface area (Å²) in [5, 5.41) is 3.30. The van der Waals surface area contributed by atoms with E-state index in [9.17, 15) is 4.79 Å². The van der Waals surface area contributed by atoms with Gasteiger partial charge >= 0.3 is 0 Å². The maximum Gasteiger partial charge on any atom is 0.240 e. The van der Waals surface area contributed by atoms with Gasteiger partial charge in [-0.2, -0.15) is 0 Å². The molecule has 0 aliphatic carbocycles. The van der Waals surface area contributed by atoms with Gasteiger partial charge in [0.1, 0.15) is 5.75 Å². The van der Waals surface area contributed by atoms with Crippen LogP contribution in [0, 0.1) is 0 Å². The predicted octanol–water partition coefficient (Wildman–Crippen LogP) is 2.65. The summed E-state index contributed by atoms with van der Waals surface area (Å²) in [4.78, 5) is 17.5. The number of hydrogen-bond acceptors (Lipinski definition) is 4. The van der Waals surface area contributed by atoms with E-state index in [1.165, 1.54) is 5.56 Å². The second kappa shape index (κ2) is 7.97. The lowest BCUT2D eigenvalue weighted by Gasteiger charge is -2.50. The number of nitrogens with one attached hydrogen (secondary N) is 1. The molecule has 1 aromatic carbocycles. The number of likely N-dealkylation sites (tertiary alicyclic amines) is 2. The van der Waals surface area contributed by atoms with E-state index in [4.69, 9.17) is 4.74 Å². The molecular formula is C21H33N3O2. The first-order chi connectivity index (χ1) is 12.4. The Kier molecular flexibility index (Phi) is 5.88. The molecule has 0 radical (unpaired) electrons. The molecule has 2 aliphatic rings. The minimum Gasteiger partial charge on any atom is -0.491 e. The molecule has 2 aliphatic heterocycles. The first kappa shape index (κ1) is 19.2. The second-order valence-electron chi connectivity index (χ2n) is 8.31. The molecule has 0 aromatic heterocycles. The van der Waals surface area contributed by atoms with Crippen molar-refractivity contribution in [1.29, 1.82) is 0 Å². The number of benzene rings is 1. The largest absolute Gasteiger partial charge is 0.491 e. The number of carbonyl (C=O) groups excluding carboxylic acids is 1. The predicted molar refractivity (Wildman–Crippen MR) is 104 cm³/mol. The summed E-state index contributed by atoms with van der Waals surface area (Å²) >= 11 is 0. The Morgan fingerprint density at radius 3 is 2.42 bits per heavy atom. The average molecular weight is 360 g/mol. The summed E-state index contributed by atoms with van der Waals surface area (Å²) in [6.45, 7) is 10.1. The molecule has 0 bridgehead atoms. The summed E-state index contributed by atoms with van der Waals surface area (Å²) in [5.74, 6) is 1.09. The van der Waals surface area contributed by atoms with E-state index in [1.807, 2.05) is 26.0 Å². The highest BCUT2D eigenvalue weighted by molar-refractivity contribution is 5.87. The van der Waals surface area contributed by atoms with E-state index in [2.05, 4.69) is 41.2 Å². The van der Waals surface area contributed by atoms with Gasteiger partial charge in [-0.3, -0.25) is 9.69 Å². The lowest BCUT2D eigenvalue weighted by atomic mass is 9.84. The van der Waals surface area contributed by atoms with Gasteiger partial charge in [-0.05, 0) is 77.9 Å². The van der Waals surface area contributed by atoms with Crippen LogP contribution in [-0.2, 0) is 11.3 Å². The van der Waals surface area contributed by atoms with Crippen molar-refractivity contribution >= 4 is 5.91 Å². The maximum atomic E-state index is 12.9. The number of ether oxygens (including phenoxy) is 1. The molecule has 26 heavy (non-hydrogen) atoms. The Balaban J connectivity index is 1.55. The monoisotopic (exact) mass is 359 g/mol. The highest BCUT2D eigenvalue weighted by Gasteiger charge is 2.47. The quantitative estimate of drug-likeness (QED) is 0.848. The SMILES string of the molecule is CC(C)Oc1ccc(CN2CCC2(C)C(=O)NC2CCN(C)CC2)cc1. The number of piperidine rings is 1. The van der Waals surface area contributed by atoms with E-state index in [-0.39, 0.29) is 17.6 Å². The van der Waals surface area contributed by atoms with Crippen LogP contribution in [0.3, 0.4) is 0 Å². The minimum atomic E-state index is -0.379. The fourth-order valence-corrected chi connectivity index (χ4v) is 3.78. The number of rotatable bonds is 6. The van der Waals surface area contributed by atoms with Gasteiger partial charge in [0.05, 0.1) is 11.6 Å². The molecule has 0 spiro atoms. The van der Waals surface area contributed by atoms with Crippen LogP contribution in [0.15, 0.2) is 24.3 Å². The van der Waals surface area contributed by atoms with Crippen molar-refractivity contribution in [3.05, 3.63) is 29.8 Å². The molecule has 1 aromatic rings. The highest BCUT2D eigenvalue weighted by Crippen LogP contribution is 2.33. The first-order valence-electron chi connectivity index (χ1n) is 9.87. The van der Waals surface area contributed by atoms with Crippen molar-refractivity contribution in [1.82, 2.24) is 15.1 Å². The first-order valence-corrected chi connectivity index (χ1v) is 9.87. The molecule has 0 saturated carbocycles. The molecule has 1 amide bonds. The maximum absolute atomic E-state index is 12.9. The van der Waals surface area contributed by atoms with Gasteiger partial charge in [0.2, 0.25) is 5.91 Å². The molecule has 3 rings (SSSR count). The average Bonchev–Trinajstić information content (AvgIpc) is 2.60. The standard InChI is InChI=1S/C21H33N3O2/c1-16(2)26-19-7-5-17(6-8-19)15-24-14-11-21(24,3)20(25)22-18-9-12-23(4)13-10-18/h5-8,16,18H,9-15H2,1-4H3,(H,22,25). The van der Waals surface area contributed by atoms with E-state index < -0.39 is 0 Å². The van der Waals surface area contributed by atoms with E-state index in [0.29, 0.717) is 6.04 Å². The topological polar surface area (TPSA) is 44.8 Å². The second-order valence-corrected chi connectivity index (χ2v) is 8.31. The van der Waals surface area contributed by atoms with Gasteiger partial charge in [-0.25, -0.2) is 0 Å². The molecule has 144 valence electrons. The Hall–Kier alpha value is -1.59. The Labute approximate surface area is 157 Å². The number of hydrogen-bond donors (Lipinski definition) is 1. The van der Waals surface area contributed by atoms with Crippen LogP contribution in [0.4, 0.5) is 0 Å². The van der Waals surface area contributed by atoms with Crippen LogP contribution in [0.2, 0.25) is 0 Å². The summed E-state index contributed by atoms with van der Waals surface area (Å²) in [6.07, 6.45) is 3.22. The van der Waals surface area contributed by atoms with Gasteiger partial charge in [-0.15, -0.1) is 0 Å². The van der Waals surface area contributed by atoms with Crippen LogP contribution >= 0.6 is 0 Å². The van der Waals surface area contributed by atoms with Crippen molar-refractivity contribution in [2.24, 2.45) is 0 Å². The van der Waals surface area contributed by atoms with Crippen LogP contribution in [-0.4, -0.2) is 60.1 Å². The van der Waals surface area contributed by atoms with Gasteiger partial charge < -0.3 is 15.0 Å². The zero-order valence-electron chi connectivity index (χ0n) is 16.6. The summed E-state index contributed by atoms with van der Waals surface area (Å²) in [5.41, 5.74) is 0.843. The van der Waals surface area contributed by atoms with Crippen molar-refractivity contribution in [2.45, 2.75) is 64.3 Å². The Morgan fingerprint density at radius 1 is 1.23 bits per heavy atom. The van der Waals surface area contributed by atoms with Crippen molar-refractivity contribution < 1.29 is 9.53 Å². The highest BCUT2D eigenvalue weighted by atomic mass is 16.5. The van der Waals surface area contributed by atoms with Crippen molar-refractivity contribution in [2.75, 3.05) is 26.7 Å². The lowest BCUT2D eigenvalue weighted by Crippen LogP contribution is -2.66.